The van der Waals surface area contributed by atoms with Crippen molar-refractivity contribution in [3.8, 4) is 0 Å². The van der Waals surface area contributed by atoms with Gasteiger partial charge in [0.05, 0.1) is 16.7 Å². The average Bonchev–Trinajstić information content (AvgIpc) is 3.69. The van der Waals surface area contributed by atoms with Crippen molar-refractivity contribution in [2.45, 2.75) is 76.2 Å². The molecule has 14 aromatic rings. The molecule has 0 aliphatic carbocycles. The Morgan fingerprint density at radius 2 is 0.708 bits per heavy atom. The number of nitrogens with zero attached hydrogens (tertiary/aromatic N) is 15. The Kier molecular flexibility index (Phi) is 34.3. The van der Waals surface area contributed by atoms with Gasteiger partial charge in [0.15, 0.2) is 0 Å². The van der Waals surface area contributed by atoms with Gasteiger partial charge in [-0.3, -0.25) is 39.9 Å². The number of pyridine rings is 6. The maximum atomic E-state index is 4.38. The van der Waals surface area contributed by atoms with Gasteiger partial charge in [-0.1, -0.05) is 121 Å². The van der Waals surface area contributed by atoms with Crippen molar-refractivity contribution in [3.63, 3.8) is 0 Å². The number of aromatic nitrogens is 15. The van der Waals surface area contributed by atoms with E-state index in [1.54, 1.807) is 68.0 Å². The largest absolute Gasteiger partial charge is 0.262 e. The number of rotatable bonds is 0. The Hall–Kier alpha value is -11.2. The van der Waals surface area contributed by atoms with Gasteiger partial charge in [0.25, 0.3) is 0 Å². The van der Waals surface area contributed by atoms with E-state index in [-0.39, 0.29) is 0 Å². The van der Waals surface area contributed by atoms with E-state index in [0.717, 1.165) is 62.4 Å². The van der Waals surface area contributed by atoms with Crippen molar-refractivity contribution in [3.05, 3.63) is 344 Å². The Morgan fingerprint density at radius 3 is 1.16 bits per heavy atom. The van der Waals surface area contributed by atoms with Crippen LogP contribution in [0.5, 0.6) is 0 Å². The fourth-order valence-corrected chi connectivity index (χ4v) is 6.83. The molecule has 0 aliphatic heterocycles. The molecule has 15 nitrogen and oxygen atoms in total. The van der Waals surface area contributed by atoms with Crippen LogP contribution in [0, 0.1) is 76.2 Å². The highest BCUT2D eigenvalue weighted by molar-refractivity contribution is 5.82. The van der Waals surface area contributed by atoms with Crippen LogP contribution in [0.25, 0.3) is 32.6 Å². The number of aryl methyl sites for hydroxylation is 11. The summed E-state index contributed by atoms with van der Waals surface area (Å²) in [5.41, 5.74) is 12.2. The molecule has 10 aromatic heterocycles. The molecule has 0 saturated carbocycles. The maximum absolute atomic E-state index is 4.38. The standard InChI is InChI=1S/3C10H9N.C7H8.3C6H7N.3C5H6N2.C4H5N3/c1-8-4-5-9-3-2-6-11-10(9)7-8;1-8-6-9-4-2-3-5-10(9)7-11-8;1-8-6-7-9-4-2-3-5-10(9)11-8;1-7-5-3-2-4-6-7;3*1-6-4-2-3-5-7-6;1-5-2-6-4-7-3-5;1-5-4-6-2-3-7-5;1-5-6-3-2-4-7-5;1-4-6-2-5-3-7-4/h3*2-7H,1H3;2-6H,1H3;3*2-5H,1H3;3*2-4H,1H3;2-3H,1H3. The lowest BCUT2D eigenvalue weighted by Crippen LogP contribution is -1.84. The SMILES string of the molecule is Cc1cc2ccccc2cn1.Cc1ccc2ccccc2n1.Cc1ccc2cccnc2c1.Cc1ccccc1.Cc1ccccn1.Cc1ccccn1.Cc1ccccn1.Cc1cnccn1.Cc1cncnc1.Cc1ncccn1.Cc1ncncn1. The number of hydrogen-bond acceptors (Lipinski definition) is 15. The minimum atomic E-state index is 0.759. The molecule has 0 bridgehead atoms. The molecular formula is C74H79N15. The van der Waals surface area contributed by atoms with E-state index in [4.69, 9.17) is 0 Å². The van der Waals surface area contributed by atoms with Gasteiger partial charge in [-0.05, 0) is 165 Å². The van der Waals surface area contributed by atoms with Crippen LogP contribution in [0.3, 0.4) is 0 Å². The highest BCUT2D eigenvalue weighted by atomic mass is 15.0. The lowest BCUT2D eigenvalue weighted by molar-refractivity contribution is 0.974. The lowest BCUT2D eigenvalue weighted by Gasteiger charge is -1.96. The molecule has 0 atom stereocenters. The van der Waals surface area contributed by atoms with Gasteiger partial charge in [0, 0.05) is 119 Å². The molecule has 0 radical (unpaired) electrons. The zero-order valence-corrected chi connectivity index (χ0v) is 52.8. The summed E-state index contributed by atoms with van der Waals surface area (Å²) in [6.07, 6.45) is 25.6. The molecule has 0 N–H and O–H groups in total. The first-order valence-corrected chi connectivity index (χ1v) is 28.6. The molecule has 0 spiro atoms. The van der Waals surface area contributed by atoms with Crippen LogP contribution < -0.4 is 0 Å². The number of fused-ring (bicyclic) bond motifs is 3. The number of hydrogen-bond donors (Lipinski definition) is 0. The highest BCUT2D eigenvalue weighted by Gasteiger charge is 1.93. The van der Waals surface area contributed by atoms with E-state index in [1.807, 2.05) is 190 Å². The molecule has 14 rings (SSSR count). The second kappa shape index (κ2) is 43.4. The normalized spacial score (nSPS) is 9.29. The van der Waals surface area contributed by atoms with Crippen LogP contribution in [0.15, 0.2) is 281 Å². The van der Waals surface area contributed by atoms with Crippen molar-refractivity contribution in [2.24, 2.45) is 0 Å². The quantitative estimate of drug-likeness (QED) is 0.139. The van der Waals surface area contributed by atoms with Gasteiger partial charge in [-0.2, -0.15) is 0 Å². The lowest BCUT2D eigenvalue weighted by atomic mass is 10.1. The molecule has 0 fully saturated rings. The second-order valence-electron chi connectivity index (χ2n) is 19.3. The molecule has 0 unspecified atom stereocenters. The van der Waals surface area contributed by atoms with E-state index in [0.29, 0.717) is 0 Å². The average molecular weight is 1180 g/mol. The van der Waals surface area contributed by atoms with Crippen molar-refractivity contribution in [1.29, 1.82) is 0 Å². The predicted molar refractivity (Wildman–Crippen MR) is 362 cm³/mol. The van der Waals surface area contributed by atoms with Crippen LogP contribution in [0.2, 0.25) is 0 Å². The smallest absolute Gasteiger partial charge is 0.128 e. The highest BCUT2D eigenvalue weighted by Crippen LogP contribution is 2.14. The molecule has 4 aromatic carbocycles. The summed E-state index contributed by atoms with van der Waals surface area (Å²) in [6, 6.07) is 62.5. The molecule has 10 heterocycles. The monoisotopic (exact) mass is 1180 g/mol. The fourth-order valence-electron chi connectivity index (χ4n) is 6.83. The van der Waals surface area contributed by atoms with Gasteiger partial charge < -0.3 is 0 Å². The third kappa shape index (κ3) is 33.8. The predicted octanol–water partition coefficient (Wildman–Crippen LogP) is 16.3. The van der Waals surface area contributed by atoms with E-state index in [2.05, 4.69) is 155 Å². The van der Waals surface area contributed by atoms with Gasteiger partial charge in [-0.15, -0.1) is 0 Å². The van der Waals surface area contributed by atoms with Gasteiger partial charge in [-0.25, -0.2) is 34.9 Å². The summed E-state index contributed by atoms with van der Waals surface area (Å²) >= 11 is 0. The summed E-state index contributed by atoms with van der Waals surface area (Å²) < 4.78 is 0. The van der Waals surface area contributed by atoms with Crippen LogP contribution in [-0.4, -0.2) is 74.8 Å². The molecule has 89 heavy (non-hydrogen) atoms. The van der Waals surface area contributed by atoms with Gasteiger partial charge in [0.1, 0.15) is 30.6 Å². The molecule has 0 aliphatic rings. The summed E-state index contributed by atoms with van der Waals surface area (Å²) in [5, 5.41) is 4.88. The van der Waals surface area contributed by atoms with Crippen molar-refractivity contribution >= 4 is 32.6 Å². The molecule has 450 valence electrons. The van der Waals surface area contributed by atoms with E-state index < -0.39 is 0 Å². The van der Waals surface area contributed by atoms with Crippen LogP contribution in [-0.2, 0) is 0 Å². The van der Waals surface area contributed by atoms with E-state index in [1.165, 1.54) is 51.7 Å². The minimum Gasteiger partial charge on any atom is -0.262 e. The van der Waals surface area contributed by atoms with Crippen molar-refractivity contribution in [1.82, 2.24) is 74.8 Å². The van der Waals surface area contributed by atoms with Crippen LogP contribution >= 0.6 is 0 Å². The molecule has 0 amide bonds. The molecule has 0 saturated heterocycles. The van der Waals surface area contributed by atoms with Crippen molar-refractivity contribution < 1.29 is 0 Å². The molecular weight excluding hydrogens is 1100 g/mol. The van der Waals surface area contributed by atoms with Crippen molar-refractivity contribution in [2.75, 3.05) is 0 Å². The first kappa shape index (κ1) is 70.3. The number of benzene rings is 4. The summed E-state index contributed by atoms with van der Waals surface area (Å²) in [7, 11) is 0. The summed E-state index contributed by atoms with van der Waals surface area (Å²) in [4.78, 5) is 58.9. The van der Waals surface area contributed by atoms with E-state index >= 15 is 0 Å². The third-order valence-corrected chi connectivity index (χ3v) is 11.3. The topological polar surface area (TPSA) is 193 Å². The Morgan fingerprint density at radius 1 is 0.213 bits per heavy atom. The maximum Gasteiger partial charge on any atom is 0.128 e. The Balaban J connectivity index is 0.000000211. The summed E-state index contributed by atoms with van der Waals surface area (Å²) in [5.74, 6) is 1.58. The van der Waals surface area contributed by atoms with Crippen LogP contribution in [0.4, 0.5) is 0 Å². The van der Waals surface area contributed by atoms with E-state index in [9.17, 15) is 0 Å². The Bertz CT molecular complexity index is 3380. The first-order chi connectivity index (χ1) is 43.2. The zero-order valence-electron chi connectivity index (χ0n) is 52.8. The number of para-hydroxylation sites is 1. The summed E-state index contributed by atoms with van der Waals surface area (Å²) in [6.45, 7) is 21.6. The third-order valence-electron chi connectivity index (χ3n) is 11.3. The minimum absolute atomic E-state index is 0.759. The second-order valence-corrected chi connectivity index (χ2v) is 19.3. The zero-order chi connectivity index (χ0) is 63.9. The van der Waals surface area contributed by atoms with Gasteiger partial charge >= 0.3 is 0 Å². The van der Waals surface area contributed by atoms with Crippen LogP contribution in [0.1, 0.15) is 62.5 Å². The molecule has 15 heteroatoms. The Labute approximate surface area is 524 Å². The fraction of sp³-hybridized carbons (Fsp3) is 0.149. The first-order valence-electron chi connectivity index (χ1n) is 28.6. The van der Waals surface area contributed by atoms with Gasteiger partial charge in [0.2, 0.25) is 0 Å².